The number of halogens is 1. The number of phenolic OH excluding ortho intramolecular Hbond substituents is 1. The molecule has 28 heavy (non-hydrogen) atoms. The summed E-state index contributed by atoms with van der Waals surface area (Å²) in [5.41, 5.74) is 0.611. The smallest absolute Gasteiger partial charge is 0.204 e. The van der Waals surface area contributed by atoms with Gasteiger partial charge in [0.15, 0.2) is 23.0 Å². The Kier molecular flexibility index (Phi) is 5.99. The molecule has 0 unspecified atom stereocenters. The van der Waals surface area contributed by atoms with E-state index in [1.54, 1.807) is 18.2 Å². The highest BCUT2D eigenvalue weighted by molar-refractivity contribution is 9.09. The maximum Gasteiger partial charge on any atom is 0.204 e. The summed E-state index contributed by atoms with van der Waals surface area (Å²) in [6.07, 6.45) is 1.34. The zero-order chi connectivity index (χ0) is 20.3. The van der Waals surface area contributed by atoms with Crippen LogP contribution >= 0.6 is 15.9 Å². The van der Waals surface area contributed by atoms with Crippen molar-refractivity contribution in [2.45, 2.75) is 0 Å². The fourth-order valence-electron chi connectivity index (χ4n) is 2.88. The zero-order valence-electron chi connectivity index (χ0n) is 15.6. The van der Waals surface area contributed by atoms with Crippen molar-refractivity contribution in [3.63, 3.8) is 0 Å². The van der Waals surface area contributed by atoms with E-state index in [4.69, 9.17) is 23.4 Å². The lowest BCUT2D eigenvalue weighted by Gasteiger charge is -2.13. The topological polar surface area (TPSA) is 87.4 Å². The van der Waals surface area contributed by atoms with Gasteiger partial charge in [-0.15, -0.1) is 0 Å². The van der Waals surface area contributed by atoms with Crippen molar-refractivity contribution >= 4 is 26.9 Å². The van der Waals surface area contributed by atoms with Gasteiger partial charge in [-0.3, -0.25) is 4.79 Å². The minimum Gasteiger partial charge on any atom is -0.504 e. The molecule has 8 heteroatoms. The minimum absolute atomic E-state index is 0.00956. The average Bonchev–Trinajstić information content (AvgIpc) is 2.71. The van der Waals surface area contributed by atoms with E-state index >= 15 is 0 Å². The van der Waals surface area contributed by atoms with Gasteiger partial charge in [-0.2, -0.15) is 0 Å². The molecule has 0 aliphatic heterocycles. The molecule has 0 aliphatic carbocycles. The first-order chi connectivity index (χ1) is 13.5. The molecule has 2 aromatic carbocycles. The van der Waals surface area contributed by atoms with Crippen molar-refractivity contribution in [1.29, 1.82) is 0 Å². The number of hydrogen-bond donors (Lipinski definition) is 1. The summed E-state index contributed by atoms with van der Waals surface area (Å²) >= 11 is 3.27. The first-order valence-electron chi connectivity index (χ1n) is 8.32. The number of fused-ring (bicyclic) bond motifs is 1. The van der Waals surface area contributed by atoms with Gasteiger partial charge in [0.25, 0.3) is 0 Å². The highest BCUT2D eigenvalue weighted by Crippen LogP contribution is 2.42. The second-order valence-electron chi connectivity index (χ2n) is 5.72. The monoisotopic (exact) mass is 450 g/mol. The number of methoxy groups -OCH3 is 3. The molecule has 0 fully saturated rings. The molecule has 0 amide bonds. The third-order valence-electron chi connectivity index (χ3n) is 4.19. The largest absolute Gasteiger partial charge is 0.504 e. The Balaban J connectivity index is 2.21. The van der Waals surface area contributed by atoms with Gasteiger partial charge in [0.1, 0.15) is 17.2 Å². The standard InChI is InChI=1S/C20H19BrO7/c1-24-13-5-4-11(8-14(13)25-2)12-10-28-15-9-16(27-7-6-21)20(26-3)19(23)17(15)18(12)22/h4-5,8-10,23H,6-7H2,1-3H3. The van der Waals surface area contributed by atoms with E-state index in [-0.39, 0.29) is 33.8 Å². The summed E-state index contributed by atoms with van der Waals surface area (Å²) in [5.74, 6) is 1.04. The summed E-state index contributed by atoms with van der Waals surface area (Å²) < 4.78 is 26.9. The first-order valence-corrected chi connectivity index (χ1v) is 9.44. The van der Waals surface area contributed by atoms with Gasteiger partial charge < -0.3 is 28.5 Å². The lowest BCUT2D eigenvalue weighted by Crippen LogP contribution is -2.07. The number of aromatic hydroxyl groups is 1. The summed E-state index contributed by atoms with van der Waals surface area (Å²) in [6, 6.07) is 6.59. The van der Waals surface area contributed by atoms with E-state index in [2.05, 4.69) is 15.9 Å². The lowest BCUT2D eigenvalue weighted by molar-refractivity contribution is 0.304. The minimum atomic E-state index is -0.406. The van der Waals surface area contributed by atoms with Gasteiger partial charge in [-0.1, -0.05) is 22.0 Å². The van der Waals surface area contributed by atoms with Gasteiger partial charge >= 0.3 is 0 Å². The van der Waals surface area contributed by atoms with E-state index in [1.165, 1.54) is 33.7 Å². The molecule has 0 bridgehead atoms. The van der Waals surface area contributed by atoms with Crippen LogP contribution in [0.5, 0.6) is 28.7 Å². The molecule has 0 spiro atoms. The van der Waals surface area contributed by atoms with Crippen molar-refractivity contribution in [3.8, 4) is 39.9 Å². The molecule has 1 heterocycles. The Morgan fingerprint density at radius 2 is 1.79 bits per heavy atom. The first kappa shape index (κ1) is 19.9. The van der Waals surface area contributed by atoms with Gasteiger partial charge in [-0.25, -0.2) is 0 Å². The van der Waals surface area contributed by atoms with Crippen LogP contribution in [-0.4, -0.2) is 38.4 Å². The molecular weight excluding hydrogens is 432 g/mol. The normalized spacial score (nSPS) is 10.7. The number of hydrogen-bond acceptors (Lipinski definition) is 7. The van der Waals surface area contributed by atoms with E-state index in [1.807, 2.05) is 0 Å². The second kappa shape index (κ2) is 8.43. The highest BCUT2D eigenvalue weighted by atomic mass is 79.9. The van der Waals surface area contributed by atoms with Crippen molar-refractivity contribution < 1.29 is 28.5 Å². The van der Waals surface area contributed by atoms with Crippen LogP contribution in [-0.2, 0) is 0 Å². The third kappa shape index (κ3) is 3.47. The maximum absolute atomic E-state index is 13.1. The Morgan fingerprint density at radius 1 is 1.04 bits per heavy atom. The fourth-order valence-corrected chi connectivity index (χ4v) is 3.04. The van der Waals surface area contributed by atoms with Crippen LogP contribution < -0.4 is 24.4 Å². The van der Waals surface area contributed by atoms with E-state index in [0.717, 1.165) is 0 Å². The molecule has 1 N–H and O–H groups in total. The molecule has 3 rings (SSSR count). The van der Waals surface area contributed by atoms with Crippen LogP contribution in [0.1, 0.15) is 0 Å². The number of benzene rings is 2. The molecule has 0 saturated carbocycles. The summed E-state index contributed by atoms with van der Waals surface area (Å²) in [4.78, 5) is 13.1. The van der Waals surface area contributed by atoms with E-state index < -0.39 is 5.43 Å². The van der Waals surface area contributed by atoms with Crippen molar-refractivity contribution in [2.24, 2.45) is 0 Å². The van der Waals surface area contributed by atoms with Crippen molar-refractivity contribution in [3.05, 3.63) is 40.8 Å². The van der Waals surface area contributed by atoms with Gasteiger partial charge in [0, 0.05) is 11.4 Å². The van der Waals surface area contributed by atoms with Crippen LogP contribution in [0.2, 0.25) is 0 Å². The van der Waals surface area contributed by atoms with Crippen LogP contribution in [0.25, 0.3) is 22.1 Å². The molecule has 0 saturated heterocycles. The van der Waals surface area contributed by atoms with E-state index in [9.17, 15) is 9.90 Å². The fraction of sp³-hybridized carbons (Fsp3) is 0.250. The van der Waals surface area contributed by atoms with Gasteiger partial charge in [0.05, 0.1) is 33.5 Å². The second-order valence-corrected chi connectivity index (χ2v) is 6.51. The molecular formula is C20H19BrO7. The number of rotatable bonds is 7. The van der Waals surface area contributed by atoms with E-state index in [0.29, 0.717) is 29.0 Å². The summed E-state index contributed by atoms with van der Waals surface area (Å²) in [6.45, 7) is 0.356. The predicted octanol–water partition coefficient (Wildman–Crippen LogP) is 3.97. The van der Waals surface area contributed by atoms with Gasteiger partial charge in [0.2, 0.25) is 11.2 Å². The van der Waals surface area contributed by atoms with Gasteiger partial charge in [-0.05, 0) is 17.7 Å². The highest BCUT2D eigenvalue weighted by Gasteiger charge is 2.21. The average molecular weight is 451 g/mol. The SMILES string of the molecule is COc1ccc(-c2coc3cc(OCCBr)c(OC)c(O)c3c2=O)cc1OC. The molecule has 0 radical (unpaired) electrons. The van der Waals surface area contributed by atoms with Crippen molar-refractivity contribution in [1.82, 2.24) is 0 Å². The number of alkyl halides is 1. The zero-order valence-corrected chi connectivity index (χ0v) is 17.2. The molecule has 148 valence electrons. The quantitative estimate of drug-likeness (QED) is 0.544. The third-order valence-corrected chi connectivity index (χ3v) is 4.52. The van der Waals surface area contributed by atoms with Crippen LogP contribution in [0.15, 0.2) is 39.7 Å². The maximum atomic E-state index is 13.1. The predicted molar refractivity (Wildman–Crippen MR) is 109 cm³/mol. The molecule has 7 nitrogen and oxygen atoms in total. The molecule has 0 aliphatic rings. The molecule has 1 aromatic heterocycles. The lowest BCUT2D eigenvalue weighted by atomic mass is 10.0. The Labute approximate surface area is 169 Å². The van der Waals surface area contributed by atoms with Crippen molar-refractivity contribution in [2.75, 3.05) is 33.3 Å². The Morgan fingerprint density at radius 3 is 2.43 bits per heavy atom. The number of phenols is 1. The van der Waals surface area contributed by atoms with Crippen LogP contribution in [0, 0.1) is 0 Å². The molecule has 3 aromatic rings. The number of ether oxygens (including phenoxy) is 4. The summed E-state index contributed by atoms with van der Waals surface area (Å²) in [5, 5.41) is 11.2. The molecule has 0 atom stereocenters. The van der Waals surface area contributed by atoms with Crippen LogP contribution in [0.3, 0.4) is 0 Å². The Bertz CT molecular complexity index is 1060. The Hall–Kier alpha value is -2.87. The van der Waals surface area contributed by atoms with Crippen LogP contribution in [0.4, 0.5) is 0 Å². The summed E-state index contributed by atoms with van der Waals surface area (Å²) in [7, 11) is 4.43.